The molecule has 0 heterocycles. The van der Waals surface area contributed by atoms with Crippen LogP contribution in [0.25, 0.3) is 0 Å². The van der Waals surface area contributed by atoms with E-state index in [0.29, 0.717) is 6.42 Å². The second kappa shape index (κ2) is 7.72. The van der Waals surface area contributed by atoms with Crippen LogP contribution in [0.5, 0.6) is 11.5 Å². The molecule has 0 aliphatic carbocycles. The lowest BCUT2D eigenvalue weighted by Gasteiger charge is -2.14. The van der Waals surface area contributed by atoms with E-state index < -0.39 is 0 Å². The number of ether oxygens (including phenoxy) is 2. The van der Waals surface area contributed by atoms with Crippen molar-refractivity contribution in [1.82, 2.24) is 0 Å². The summed E-state index contributed by atoms with van der Waals surface area (Å²) >= 11 is 1.61. The summed E-state index contributed by atoms with van der Waals surface area (Å²) in [5.74, 6) is 1.61. The molecule has 5 heteroatoms. The molecule has 1 aromatic rings. The highest BCUT2D eigenvalue weighted by atomic mass is 32.2. The molecule has 0 bridgehead atoms. The number of nitrogens with zero attached hydrogens (tertiary/aromatic N) is 1. The van der Waals surface area contributed by atoms with E-state index in [9.17, 15) is 0 Å². The fourth-order valence-corrected chi connectivity index (χ4v) is 2.13. The number of thioether (sulfide) groups is 1. The number of rotatable bonds is 7. The molecule has 18 heavy (non-hydrogen) atoms. The first-order valence-electron chi connectivity index (χ1n) is 5.67. The number of hydrogen-bond acceptors (Lipinski definition) is 5. The van der Waals surface area contributed by atoms with Gasteiger partial charge in [0.1, 0.15) is 11.5 Å². The molecule has 98 valence electrons. The Bertz CT molecular complexity index is 430. The molecule has 0 aliphatic heterocycles. The van der Waals surface area contributed by atoms with E-state index in [1.54, 1.807) is 26.0 Å². The van der Waals surface area contributed by atoms with Crippen molar-refractivity contribution in [2.24, 2.45) is 0 Å². The van der Waals surface area contributed by atoms with Crippen molar-refractivity contribution in [3.05, 3.63) is 12.1 Å². The van der Waals surface area contributed by atoms with Crippen molar-refractivity contribution in [3.63, 3.8) is 0 Å². The van der Waals surface area contributed by atoms with Crippen LogP contribution < -0.4 is 14.8 Å². The third-order valence-electron chi connectivity index (χ3n) is 2.49. The van der Waals surface area contributed by atoms with Gasteiger partial charge in [0.15, 0.2) is 0 Å². The quantitative estimate of drug-likeness (QED) is 0.607. The predicted molar refractivity (Wildman–Crippen MR) is 74.7 cm³/mol. The van der Waals surface area contributed by atoms with Crippen molar-refractivity contribution in [3.8, 4) is 17.6 Å². The summed E-state index contributed by atoms with van der Waals surface area (Å²) < 4.78 is 10.7. The van der Waals surface area contributed by atoms with E-state index >= 15 is 0 Å². The van der Waals surface area contributed by atoms with Gasteiger partial charge < -0.3 is 14.8 Å². The number of nitriles is 1. The van der Waals surface area contributed by atoms with Gasteiger partial charge in [0.2, 0.25) is 0 Å². The van der Waals surface area contributed by atoms with Gasteiger partial charge in [-0.25, -0.2) is 0 Å². The molecule has 1 rings (SSSR count). The van der Waals surface area contributed by atoms with Crippen LogP contribution in [0.3, 0.4) is 0 Å². The van der Waals surface area contributed by atoms with E-state index in [2.05, 4.69) is 11.4 Å². The van der Waals surface area contributed by atoms with E-state index in [1.165, 1.54) is 0 Å². The van der Waals surface area contributed by atoms with Gasteiger partial charge in [0, 0.05) is 19.0 Å². The Morgan fingerprint density at radius 2 is 2.00 bits per heavy atom. The Balaban J connectivity index is 2.85. The van der Waals surface area contributed by atoms with Gasteiger partial charge in [-0.2, -0.15) is 5.26 Å². The molecule has 0 amide bonds. The van der Waals surface area contributed by atoms with Crippen LogP contribution in [0.1, 0.15) is 12.8 Å². The lowest BCUT2D eigenvalue weighted by Crippen LogP contribution is -2.03. The van der Waals surface area contributed by atoms with E-state index in [-0.39, 0.29) is 0 Å². The van der Waals surface area contributed by atoms with Crippen LogP contribution in [0, 0.1) is 11.3 Å². The molecular weight excluding hydrogens is 248 g/mol. The summed E-state index contributed by atoms with van der Waals surface area (Å²) in [5, 5.41) is 11.7. The number of benzene rings is 1. The normalized spacial score (nSPS) is 9.67. The first kappa shape index (κ1) is 14.5. The Morgan fingerprint density at radius 3 is 2.56 bits per heavy atom. The van der Waals surface area contributed by atoms with Crippen LogP contribution in [-0.4, -0.2) is 27.0 Å². The minimum absolute atomic E-state index is 0.551. The van der Waals surface area contributed by atoms with Gasteiger partial charge in [-0.15, -0.1) is 11.8 Å². The van der Waals surface area contributed by atoms with Gasteiger partial charge >= 0.3 is 0 Å². The van der Waals surface area contributed by atoms with Crippen molar-refractivity contribution < 1.29 is 9.47 Å². The molecular formula is C13H18N2O2S. The average Bonchev–Trinajstić information content (AvgIpc) is 2.42. The first-order chi connectivity index (χ1) is 8.76. The summed E-state index contributed by atoms with van der Waals surface area (Å²) in [4.78, 5) is 1.04. The molecule has 0 unspecified atom stereocenters. The zero-order chi connectivity index (χ0) is 13.4. The standard InChI is InChI=1S/C13H18N2O2S/c1-16-11-9-13(18-3)12(17-2)8-10(11)15-7-5-4-6-14/h8-9,15H,4-5,7H2,1-3H3. The number of hydrogen-bond donors (Lipinski definition) is 1. The molecule has 0 atom stereocenters. The summed E-state index contributed by atoms with van der Waals surface area (Å²) in [6.45, 7) is 0.742. The number of nitrogens with one attached hydrogen (secondary N) is 1. The average molecular weight is 266 g/mol. The largest absolute Gasteiger partial charge is 0.496 e. The van der Waals surface area contributed by atoms with E-state index in [4.69, 9.17) is 14.7 Å². The highest BCUT2D eigenvalue weighted by molar-refractivity contribution is 7.98. The lowest BCUT2D eigenvalue weighted by atomic mass is 10.2. The number of anilines is 1. The predicted octanol–water partition coefficient (Wildman–Crippen LogP) is 3.14. The van der Waals surface area contributed by atoms with Crippen molar-refractivity contribution in [2.45, 2.75) is 17.7 Å². The van der Waals surface area contributed by atoms with Gasteiger partial charge in [0.05, 0.1) is 30.9 Å². The van der Waals surface area contributed by atoms with Crippen LogP contribution in [-0.2, 0) is 0 Å². The van der Waals surface area contributed by atoms with Crippen molar-refractivity contribution in [2.75, 3.05) is 32.3 Å². The molecule has 0 saturated carbocycles. The van der Waals surface area contributed by atoms with Gasteiger partial charge in [-0.3, -0.25) is 0 Å². The lowest BCUT2D eigenvalue weighted by molar-refractivity contribution is 0.395. The SMILES string of the molecule is COc1cc(SC)c(OC)cc1NCCCC#N. The summed E-state index contributed by atoms with van der Waals surface area (Å²) in [7, 11) is 3.30. The van der Waals surface area contributed by atoms with Crippen LogP contribution in [0.4, 0.5) is 5.69 Å². The minimum Gasteiger partial charge on any atom is -0.496 e. The molecule has 0 saturated heterocycles. The van der Waals surface area contributed by atoms with Gasteiger partial charge in [-0.1, -0.05) is 0 Å². The third-order valence-corrected chi connectivity index (χ3v) is 3.25. The fraction of sp³-hybridized carbons (Fsp3) is 0.462. The Morgan fingerprint density at radius 1 is 1.28 bits per heavy atom. The van der Waals surface area contributed by atoms with Crippen LogP contribution in [0.15, 0.2) is 17.0 Å². The number of methoxy groups -OCH3 is 2. The van der Waals surface area contributed by atoms with E-state index in [0.717, 1.165) is 35.0 Å². The smallest absolute Gasteiger partial charge is 0.143 e. The molecule has 0 aliphatic rings. The van der Waals surface area contributed by atoms with Gasteiger partial charge in [0.25, 0.3) is 0 Å². The van der Waals surface area contributed by atoms with Crippen LogP contribution >= 0.6 is 11.8 Å². The number of unbranched alkanes of at least 4 members (excludes halogenated alkanes) is 1. The Labute approximate surface area is 112 Å². The molecule has 1 aromatic carbocycles. The molecule has 0 radical (unpaired) electrons. The zero-order valence-corrected chi connectivity index (χ0v) is 11.8. The molecule has 0 fully saturated rings. The molecule has 1 N–H and O–H groups in total. The minimum atomic E-state index is 0.551. The molecule has 0 aromatic heterocycles. The highest BCUT2D eigenvalue weighted by Crippen LogP contribution is 2.37. The van der Waals surface area contributed by atoms with Crippen molar-refractivity contribution >= 4 is 17.4 Å². The maximum Gasteiger partial charge on any atom is 0.143 e. The fourth-order valence-electron chi connectivity index (χ4n) is 1.56. The molecule has 0 spiro atoms. The maximum atomic E-state index is 8.49. The second-order valence-corrected chi connectivity index (χ2v) is 4.44. The zero-order valence-electron chi connectivity index (χ0n) is 10.9. The summed E-state index contributed by atoms with van der Waals surface area (Å²) in [6, 6.07) is 6.01. The Hall–Kier alpha value is -1.54. The topological polar surface area (TPSA) is 54.3 Å². The van der Waals surface area contributed by atoms with E-state index in [1.807, 2.05) is 18.4 Å². The van der Waals surface area contributed by atoms with Gasteiger partial charge in [-0.05, 0) is 18.7 Å². The van der Waals surface area contributed by atoms with Crippen molar-refractivity contribution in [1.29, 1.82) is 5.26 Å². The second-order valence-electron chi connectivity index (χ2n) is 3.60. The maximum absolute atomic E-state index is 8.49. The third kappa shape index (κ3) is 3.74. The monoisotopic (exact) mass is 266 g/mol. The molecule has 4 nitrogen and oxygen atoms in total. The van der Waals surface area contributed by atoms with Crippen LogP contribution in [0.2, 0.25) is 0 Å². The first-order valence-corrected chi connectivity index (χ1v) is 6.90. The highest BCUT2D eigenvalue weighted by Gasteiger charge is 2.10. The summed E-state index contributed by atoms with van der Waals surface area (Å²) in [5.41, 5.74) is 0.894. The summed E-state index contributed by atoms with van der Waals surface area (Å²) in [6.07, 6.45) is 3.36. The Kier molecular flexibility index (Phi) is 6.23.